The number of aromatic nitrogens is 3. The number of rotatable bonds is 4. The molecular formula is C18H23N5O2. The lowest BCUT2D eigenvalue weighted by molar-refractivity contribution is -0.108. The van der Waals surface area contributed by atoms with Crippen molar-refractivity contribution in [2.75, 3.05) is 6.61 Å². The van der Waals surface area contributed by atoms with Gasteiger partial charge >= 0.3 is 6.03 Å². The number of carbonyl (C=O) groups is 1. The number of pyridine rings is 1. The molecule has 2 aromatic heterocycles. The van der Waals surface area contributed by atoms with E-state index >= 15 is 0 Å². The van der Waals surface area contributed by atoms with E-state index in [4.69, 9.17) is 4.74 Å². The molecule has 2 fully saturated rings. The molecule has 1 saturated heterocycles. The molecule has 2 aliphatic rings. The maximum atomic E-state index is 12.3. The minimum Gasteiger partial charge on any atom is -0.377 e. The van der Waals surface area contributed by atoms with Gasteiger partial charge in [-0.1, -0.05) is 19.9 Å². The number of fused-ring (bicyclic) bond motifs is 1. The first-order valence-electron chi connectivity index (χ1n) is 8.66. The molecule has 4 rings (SSSR count). The van der Waals surface area contributed by atoms with Crippen LogP contribution in [0.5, 0.6) is 0 Å². The minimum absolute atomic E-state index is 0.00846. The molecule has 1 saturated carbocycles. The van der Waals surface area contributed by atoms with Gasteiger partial charge in [0.15, 0.2) is 5.82 Å². The maximum absolute atomic E-state index is 12.3. The van der Waals surface area contributed by atoms with Crippen molar-refractivity contribution >= 4 is 6.03 Å². The Bertz CT molecular complexity index is 741. The van der Waals surface area contributed by atoms with Crippen LogP contribution in [0.2, 0.25) is 0 Å². The molecule has 0 aromatic carbocycles. The highest BCUT2D eigenvalue weighted by atomic mass is 16.5. The second kappa shape index (κ2) is 6.15. The van der Waals surface area contributed by atoms with Crippen LogP contribution in [0.4, 0.5) is 4.79 Å². The van der Waals surface area contributed by atoms with Crippen LogP contribution in [0.3, 0.4) is 0 Å². The van der Waals surface area contributed by atoms with E-state index in [0.717, 1.165) is 24.4 Å². The van der Waals surface area contributed by atoms with Gasteiger partial charge in [-0.3, -0.25) is 0 Å². The largest absolute Gasteiger partial charge is 0.377 e. The third kappa shape index (κ3) is 2.89. The average molecular weight is 341 g/mol. The van der Waals surface area contributed by atoms with Crippen LogP contribution in [-0.4, -0.2) is 39.5 Å². The standard InChI is InChI=1S/C18H23N5O2/c1-18(2)15(13-6-9-25-16(13)18)22-17(24)20-11-12-4-5-14(19-10-12)23-8-3-7-21-23/h3-5,7-8,10,13,15-16H,6,9,11H2,1-2H3,(H2,20,22,24)/t13-,15-,16+/m1/s1. The zero-order valence-corrected chi connectivity index (χ0v) is 14.5. The third-order valence-corrected chi connectivity index (χ3v) is 5.39. The summed E-state index contributed by atoms with van der Waals surface area (Å²) >= 11 is 0. The van der Waals surface area contributed by atoms with Gasteiger partial charge < -0.3 is 15.4 Å². The van der Waals surface area contributed by atoms with Crippen LogP contribution in [-0.2, 0) is 11.3 Å². The maximum Gasteiger partial charge on any atom is 0.315 e. The Labute approximate surface area is 146 Å². The second-order valence-corrected chi connectivity index (χ2v) is 7.35. The van der Waals surface area contributed by atoms with E-state index in [-0.39, 0.29) is 23.6 Å². The predicted octanol–water partition coefficient (Wildman–Crippen LogP) is 1.88. The summed E-state index contributed by atoms with van der Waals surface area (Å²) in [6, 6.07) is 5.71. The van der Waals surface area contributed by atoms with Gasteiger partial charge in [0.1, 0.15) is 0 Å². The first kappa shape index (κ1) is 16.1. The average Bonchev–Trinajstić information content (AvgIpc) is 3.29. The molecule has 2 N–H and O–H groups in total. The lowest BCUT2D eigenvalue weighted by Crippen LogP contribution is -2.67. The summed E-state index contributed by atoms with van der Waals surface area (Å²) < 4.78 is 7.46. The van der Waals surface area contributed by atoms with E-state index in [1.54, 1.807) is 17.1 Å². The van der Waals surface area contributed by atoms with Crippen molar-refractivity contribution in [2.24, 2.45) is 11.3 Å². The quantitative estimate of drug-likeness (QED) is 0.890. The van der Waals surface area contributed by atoms with Gasteiger partial charge in [-0.05, 0) is 24.1 Å². The number of amides is 2. The molecule has 0 radical (unpaired) electrons. The number of ether oxygens (including phenoxy) is 1. The van der Waals surface area contributed by atoms with E-state index in [1.165, 1.54) is 0 Å². The van der Waals surface area contributed by atoms with Gasteiger partial charge in [0, 0.05) is 49.1 Å². The highest BCUT2D eigenvalue weighted by Crippen LogP contribution is 2.52. The van der Waals surface area contributed by atoms with Gasteiger partial charge in [0.05, 0.1) is 6.10 Å². The van der Waals surface area contributed by atoms with Crippen LogP contribution < -0.4 is 10.6 Å². The number of hydrogen-bond acceptors (Lipinski definition) is 4. The molecule has 3 atom stereocenters. The smallest absolute Gasteiger partial charge is 0.315 e. The fourth-order valence-electron chi connectivity index (χ4n) is 4.05. The van der Waals surface area contributed by atoms with E-state index in [1.807, 2.05) is 24.4 Å². The molecule has 2 amide bonds. The number of hydrogen-bond donors (Lipinski definition) is 2. The Morgan fingerprint density at radius 3 is 3.04 bits per heavy atom. The van der Waals surface area contributed by atoms with E-state index in [0.29, 0.717) is 12.5 Å². The van der Waals surface area contributed by atoms with Crippen molar-refractivity contribution < 1.29 is 9.53 Å². The van der Waals surface area contributed by atoms with Crippen molar-refractivity contribution in [1.82, 2.24) is 25.4 Å². The predicted molar refractivity (Wildman–Crippen MR) is 92.1 cm³/mol. The van der Waals surface area contributed by atoms with Crippen LogP contribution in [0, 0.1) is 11.3 Å². The molecule has 25 heavy (non-hydrogen) atoms. The lowest BCUT2D eigenvalue weighted by atomic mass is 9.57. The second-order valence-electron chi connectivity index (χ2n) is 7.35. The summed E-state index contributed by atoms with van der Waals surface area (Å²) in [4.78, 5) is 16.6. The van der Waals surface area contributed by atoms with E-state index in [2.05, 4.69) is 34.6 Å². The van der Waals surface area contributed by atoms with Gasteiger partial charge in [0.25, 0.3) is 0 Å². The molecule has 2 aromatic rings. The number of nitrogens with zero attached hydrogens (tertiary/aromatic N) is 3. The van der Waals surface area contributed by atoms with Gasteiger partial charge in [-0.15, -0.1) is 0 Å². The molecule has 0 bridgehead atoms. The lowest BCUT2D eigenvalue weighted by Gasteiger charge is -2.54. The minimum atomic E-state index is -0.139. The highest BCUT2D eigenvalue weighted by Gasteiger charge is 2.59. The van der Waals surface area contributed by atoms with Crippen molar-refractivity contribution in [3.63, 3.8) is 0 Å². The van der Waals surface area contributed by atoms with E-state index < -0.39 is 0 Å². The Hall–Kier alpha value is -2.41. The monoisotopic (exact) mass is 341 g/mol. The zero-order chi connectivity index (χ0) is 17.4. The molecule has 1 aliphatic heterocycles. The fraction of sp³-hybridized carbons (Fsp3) is 0.500. The van der Waals surface area contributed by atoms with Crippen LogP contribution >= 0.6 is 0 Å². The summed E-state index contributed by atoms with van der Waals surface area (Å²) in [6.07, 6.45) is 6.61. The van der Waals surface area contributed by atoms with E-state index in [9.17, 15) is 4.79 Å². The third-order valence-electron chi connectivity index (χ3n) is 5.39. The molecular weight excluding hydrogens is 318 g/mol. The van der Waals surface area contributed by atoms with Crippen molar-refractivity contribution in [3.05, 3.63) is 42.4 Å². The van der Waals surface area contributed by atoms with Crippen molar-refractivity contribution in [2.45, 2.75) is 39.0 Å². The number of nitrogens with one attached hydrogen (secondary N) is 2. The van der Waals surface area contributed by atoms with Crippen LogP contribution in [0.15, 0.2) is 36.8 Å². The summed E-state index contributed by atoms with van der Waals surface area (Å²) in [5, 5.41) is 10.2. The van der Waals surface area contributed by atoms with Crippen LogP contribution in [0.25, 0.3) is 5.82 Å². The Morgan fingerprint density at radius 2 is 2.32 bits per heavy atom. The summed E-state index contributed by atoms with van der Waals surface area (Å²) in [7, 11) is 0. The molecule has 0 spiro atoms. The fourth-order valence-corrected chi connectivity index (χ4v) is 4.05. The molecule has 7 heteroatoms. The topological polar surface area (TPSA) is 81.1 Å². The Morgan fingerprint density at radius 1 is 1.44 bits per heavy atom. The van der Waals surface area contributed by atoms with Gasteiger partial charge in [-0.2, -0.15) is 5.10 Å². The first-order valence-corrected chi connectivity index (χ1v) is 8.66. The summed E-state index contributed by atoms with van der Waals surface area (Å²) in [5.41, 5.74) is 0.937. The normalized spacial score (nSPS) is 26.6. The molecule has 132 valence electrons. The number of carbonyl (C=O) groups excluding carboxylic acids is 1. The summed E-state index contributed by atoms with van der Waals surface area (Å²) in [5.74, 6) is 1.19. The first-order chi connectivity index (χ1) is 12.1. The molecule has 3 heterocycles. The highest BCUT2D eigenvalue weighted by molar-refractivity contribution is 5.74. The van der Waals surface area contributed by atoms with Gasteiger partial charge in [0.2, 0.25) is 0 Å². The van der Waals surface area contributed by atoms with Crippen LogP contribution in [0.1, 0.15) is 25.8 Å². The molecule has 0 unspecified atom stereocenters. The Kier molecular flexibility index (Phi) is 3.95. The summed E-state index contributed by atoms with van der Waals surface area (Å²) in [6.45, 7) is 5.55. The number of urea groups is 1. The molecule has 7 nitrogen and oxygen atoms in total. The SMILES string of the molecule is CC1(C)[C@H](NC(=O)NCc2ccc(-n3cccn3)nc2)[C@H]2CCO[C@@H]21. The van der Waals surface area contributed by atoms with Crippen molar-refractivity contribution in [1.29, 1.82) is 0 Å². The van der Waals surface area contributed by atoms with Crippen molar-refractivity contribution in [3.8, 4) is 5.82 Å². The Balaban J connectivity index is 1.30. The zero-order valence-electron chi connectivity index (χ0n) is 14.5. The molecule has 1 aliphatic carbocycles. The van der Waals surface area contributed by atoms with Gasteiger partial charge in [-0.25, -0.2) is 14.5 Å².